The molecule has 0 atom stereocenters. The van der Waals surface area contributed by atoms with Crippen molar-refractivity contribution >= 4 is 40.5 Å². The van der Waals surface area contributed by atoms with Crippen LogP contribution in [-0.2, 0) is 0 Å². The van der Waals surface area contributed by atoms with Crippen molar-refractivity contribution in [3.8, 4) is 11.5 Å². The van der Waals surface area contributed by atoms with E-state index in [1.165, 1.54) is 0 Å². The summed E-state index contributed by atoms with van der Waals surface area (Å²) in [6, 6.07) is 22.1. The fourth-order valence-electron chi connectivity index (χ4n) is 4.14. The van der Waals surface area contributed by atoms with E-state index in [9.17, 15) is 9.59 Å². The standard InChI is InChI=1S/C26H24N4O4S/c31-24(19-10-11-22-23(16-19)34-17-33-22)28-26(35)27-20-8-4-5-9-21(20)29-12-14-30(15-13-29)25(32)18-6-2-1-3-7-18/h1-11,16H,12-15,17H2,(H2,27,28,31,35). The number of hydrogen-bond donors (Lipinski definition) is 2. The molecule has 2 aliphatic heterocycles. The van der Waals surface area contributed by atoms with Crippen molar-refractivity contribution in [2.45, 2.75) is 0 Å². The Hall–Kier alpha value is -4.11. The van der Waals surface area contributed by atoms with Gasteiger partial charge in [-0.05, 0) is 54.7 Å². The van der Waals surface area contributed by atoms with Crippen molar-refractivity contribution in [2.24, 2.45) is 0 Å². The molecule has 2 N–H and O–H groups in total. The Morgan fingerprint density at radius 2 is 1.51 bits per heavy atom. The van der Waals surface area contributed by atoms with E-state index >= 15 is 0 Å². The minimum Gasteiger partial charge on any atom is -0.454 e. The number of piperazine rings is 1. The summed E-state index contributed by atoms with van der Waals surface area (Å²) in [6.07, 6.45) is 0. The third kappa shape index (κ3) is 5.04. The summed E-state index contributed by atoms with van der Waals surface area (Å²) < 4.78 is 10.6. The quantitative estimate of drug-likeness (QED) is 0.544. The van der Waals surface area contributed by atoms with Gasteiger partial charge in [-0.25, -0.2) is 0 Å². The Balaban J connectivity index is 1.20. The molecule has 0 bridgehead atoms. The van der Waals surface area contributed by atoms with E-state index in [-0.39, 0.29) is 23.7 Å². The van der Waals surface area contributed by atoms with Crippen LogP contribution >= 0.6 is 12.2 Å². The monoisotopic (exact) mass is 488 g/mol. The van der Waals surface area contributed by atoms with Crippen molar-refractivity contribution < 1.29 is 19.1 Å². The number of fused-ring (bicyclic) bond motifs is 1. The van der Waals surface area contributed by atoms with Crippen LogP contribution in [-0.4, -0.2) is 54.8 Å². The Labute approximate surface area is 208 Å². The molecule has 0 spiro atoms. The van der Waals surface area contributed by atoms with Crippen LogP contribution in [0.1, 0.15) is 20.7 Å². The van der Waals surface area contributed by atoms with Gasteiger partial charge in [0.25, 0.3) is 11.8 Å². The smallest absolute Gasteiger partial charge is 0.257 e. The third-order valence-electron chi connectivity index (χ3n) is 5.94. The largest absolute Gasteiger partial charge is 0.454 e. The summed E-state index contributed by atoms with van der Waals surface area (Å²) >= 11 is 5.41. The van der Waals surface area contributed by atoms with E-state index in [0.29, 0.717) is 48.8 Å². The molecule has 9 heteroatoms. The maximum atomic E-state index is 12.8. The maximum absolute atomic E-state index is 12.8. The van der Waals surface area contributed by atoms with Gasteiger partial charge >= 0.3 is 0 Å². The van der Waals surface area contributed by atoms with E-state index in [2.05, 4.69) is 15.5 Å². The number of nitrogens with one attached hydrogen (secondary N) is 2. The highest BCUT2D eigenvalue weighted by molar-refractivity contribution is 7.80. The van der Waals surface area contributed by atoms with Crippen molar-refractivity contribution in [1.29, 1.82) is 0 Å². The number of amides is 2. The number of carbonyl (C=O) groups is 2. The molecule has 3 aromatic rings. The second-order valence-corrected chi connectivity index (χ2v) is 8.55. The number of thiocarbonyl (C=S) groups is 1. The molecular formula is C26H24N4O4S. The molecule has 0 aromatic heterocycles. The van der Waals surface area contributed by atoms with E-state index in [0.717, 1.165) is 11.4 Å². The number of benzene rings is 3. The fourth-order valence-corrected chi connectivity index (χ4v) is 4.34. The van der Waals surface area contributed by atoms with Gasteiger partial charge in [0.1, 0.15) is 0 Å². The summed E-state index contributed by atoms with van der Waals surface area (Å²) in [5, 5.41) is 6.05. The van der Waals surface area contributed by atoms with E-state index < -0.39 is 0 Å². The molecule has 1 fully saturated rings. The minimum atomic E-state index is -0.341. The highest BCUT2D eigenvalue weighted by Gasteiger charge is 2.24. The summed E-state index contributed by atoms with van der Waals surface area (Å²) in [5.41, 5.74) is 2.86. The zero-order valence-corrected chi connectivity index (χ0v) is 19.7. The zero-order valence-electron chi connectivity index (χ0n) is 18.9. The SMILES string of the molecule is O=C(NC(=S)Nc1ccccc1N1CCN(C(=O)c2ccccc2)CC1)c1ccc2c(c1)OCO2. The number of nitrogens with zero attached hydrogens (tertiary/aromatic N) is 2. The minimum absolute atomic E-state index is 0.0454. The molecular weight excluding hydrogens is 464 g/mol. The second kappa shape index (κ2) is 10.0. The lowest BCUT2D eigenvalue weighted by molar-refractivity contribution is 0.0746. The Bertz CT molecular complexity index is 1260. The van der Waals surface area contributed by atoms with Gasteiger partial charge in [0.2, 0.25) is 6.79 Å². The average molecular weight is 489 g/mol. The van der Waals surface area contributed by atoms with Crippen LogP contribution in [0.15, 0.2) is 72.8 Å². The predicted octanol–water partition coefficient (Wildman–Crippen LogP) is 3.50. The molecule has 2 aliphatic rings. The van der Waals surface area contributed by atoms with Gasteiger partial charge < -0.3 is 24.6 Å². The van der Waals surface area contributed by atoms with Gasteiger partial charge in [-0.15, -0.1) is 0 Å². The third-order valence-corrected chi connectivity index (χ3v) is 6.15. The van der Waals surface area contributed by atoms with Gasteiger partial charge in [-0.1, -0.05) is 30.3 Å². The molecule has 0 unspecified atom stereocenters. The lowest BCUT2D eigenvalue weighted by Crippen LogP contribution is -2.49. The van der Waals surface area contributed by atoms with Crippen LogP contribution in [0, 0.1) is 0 Å². The molecule has 2 heterocycles. The van der Waals surface area contributed by atoms with Crippen LogP contribution in [0.3, 0.4) is 0 Å². The van der Waals surface area contributed by atoms with E-state index in [1.54, 1.807) is 18.2 Å². The predicted molar refractivity (Wildman–Crippen MR) is 137 cm³/mol. The van der Waals surface area contributed by atoms with Crippen LogP contribution < -0.4 is 25.0 Å². The van der Waals surface area contributed by atoms with Gasteiger partial charge in [0.05, 0.1) is 11.4 Å². The number of ether oxygens (including phenoxy) is 2. The summed E-state index contributed by atoms with van der Waals surface area (Å²) in [6.45, 7) is 2.76. The Morgan fingerprint density at radius 1 is 0.800 bits per heavy atom. The first-order valence-electron chi connectivity index (χ1n) is 11.3. The van der Waals surface area contributed by atoms with Crippen LogP contribution in [0.25, 0.3) is 0 Å². The molecule has 0 aliphatic carbocycles. The van der Waals surface area contributed by atoms with Gasteiger partial charge in [-0.3, -0.25) is 14.9 Å². The van der Waals surface area contributed by atoms with Crippen molar-refractivity contribution in [3.05, 3.63) is 83.9 Å². The fraction of sp³-hybridized carbons (Fsp3) is 0.192. The summed E-state index contributed by atoms with van der Waals surface area (Å²) in [5.74, 6) is 0.851. The highest BCUT2D eigenvalue weighted by Crippen LogP contribution is 2.32. The average Bonchev–Trinajstić information content (AvgIpc) is 3.37. The summed E-state index contributed by atoms with van der Waals surface area (Å²) in [4.78, 5) is 29.5. The molecule has 0 radical (unpaired) electrons. The Kier molecular flexibility index (Phi) is 6.49. The van der Waals surface area contributed by atoms with Crippen LogP contribution in [0.5, 0.6) is 11.5 Å². The van der Waals surface area contributed by atoms with Crippen molar-refractivity contribution in [1.82, 2.24) is 10.2 Å². The Morgan fingerprint density at radius 3 is 2.31 bits per heavy atom. The number of para-hydroxylation sites is 2. The molecule has 1 saturated heterocycles. The number of carbonyl (C=O) groups excluding carboxylic acids is 2. The van der Waals surface area contributed by atoms with Gasteiger partial charge in [0, 0.05) is 37.3 Å². The molecule has 178 valence electrons. The molecule has 5 rings (SSSR count). The molecule has 2 amide bonds. The first kappa shape index (κ1) is 22.7. The molecule has 0 saturated carbocycles. The lowest BCUT2D eigenvalue weighted by Gasteiger charge is -2.37. The number of anilines is 2. The van der Waals surface area contributed by atoms with E-state index in [4.69, 9.17) is 21.7 Å². The lowest BCUT2D eigenvalue weighted by atomic mass is 10.1. The number of rotatable bonds is 4. The normalized spacial score (nSPS) is 14.4. The van der Waals surface area contributed by atoms with E-state index in [1.807, 2.05) is 59.5 Å². The first-order valence-corrected chi connectivity index (χ1v) is 11.7. The number of hydrogen-bond acceptors (Lipinski definition) is 6. The van der Waals surface area contributed by atoms with Gasteiger partial charge in [0.15, 0.2) is 16.6 Å². The van der Waals surface area contributed by atoms with Crippen molar-refractivity contribution in [3.63, 3.8) is 0 Å². The molecule has 3 aromatic carbocycles. The maximum Gasteiger partial charge on any atom is 0.257 e. The molecule has 8 nitrogen and oxygen atoms in total. The van der Waals surface area contributed by atoms with Crippen LogP contribution in [0.2, 0.25) is 0 Å². The van der Waals surface area contributed by atoms with Gasteiger partial charge in [-0.2, -0.15) is 0 Å². The second-order valence-electron chi connectivity index (χ2n) is 8.14. The summed E-state index contributed by atoms with van der Waals surface area (Å²) in [7, 11) is 0. The first-order chi connectivity index (χ1) is 17.1. The topological polar surface area (TPSA) is 83.1 Å². The zero-order chi connectivity index (χ0) is 24.2. The highest BCUT2D eigenvalue weighted by atomic mass is 32.1. The van der Waals surface area contributed by atoms with Crippen LogP contribution in [0.4, 0.5) is 11.4 Å². The molecule has 35 heavy (non-hydrogen) atoms. The van der Waals surface area contributed by atoms with Crippen molar-refractivity contribution in [2.75, 3.05) is 43.2 Å².